The largest absolute Gasteiger partial charge is 0.480 e. The first-order valence-electron chi connectivity index (χ1n) is 10.8. The molecule has 0 radical (unpaired) electrons. The van der Waals surface area contributed by atoms with Gasteiger partial charge in [0.05, 0.1) is 16.4 Å². The topological polar surface area (TPSA) is 97.1 Å². The predicted octanol–water partition coefficient (Wildman–Crippen LogP) is 4.66. The zero-order valence-electron chi connectivity index (χ0n) is 18.8. The number of piperazine rings is 1. The van der Waals surface area contributed by atoms with Crippen LogP contribution in [0.5, 0.6) is 0 Å². The Morgan fingerprint density at radius 2 is 1.63 bits per heavy atom. The second-order valence-corrected chi connectivity index (χ2v) is 8.49. The standard InChI is InChI=1S/C24H24ClF3N4O3/c1-15(23(34)35)31-10-12-32(13-11-31)22(33)17-8-6-16(7-9-17)20(14-21(29)24(26,27)28)30-19-5-3-2-4-18(19)25/h2-9,15,29H,10-14H2,1H3,(H,34,35). The first-order chi connectivity index (χ1) is 16.5. The Morgan fingerprint density at radius 1 is 1.06 bits per heavy atom. The van der Waals surface area contributed by atoms with Crippen molar-refractivity contribution < 1.29 is 27.9 Å². The highest BCUT2D eigenvalue weighted by Gasteiger charge is 2.35. The monoisotopic (exact) mass is 508 g/mol. The summed E-state index contributed by atoms with van der Waals surface area (Å²) < 4.78 is 39.1. The van der Waals surface area contributed by atoms with Gasteiger partial charge in [-0.2, -0.15) is 13.2 Å². The lowest BCUT2D eigenvalue weighted by atomic mass is 10.0. The Labute approximate surface area is 205 Å². The fraction of sp³-hybridized carbons (Fsp3) is 0.333. The summed E-state index contributed by atoms with van der Waals surface area (Å²) in [5, 5.41) is 16.8. The van der Waals surface area contributed by atoms with Crippen molar-refractivity contribution in [2.24, 2.45) is 4.99 Å². The Bertz CT molecular complexity index is 1130. The fourth-order valence-electron chi connectivity index (χ4n) is 3.62. The highest BCUT2D eigenvalue weighted by molar-refractivity contribution is 6.33. The Balaban J connectivity index is 1.79. The van der Waals surface area contributed by atoms with E-state index in [1.807, 2.05) is 0 Å². The number of amides is 1. The molecule has 1 heterocycles. The number of carbonyl (C=O) groups is 2. The first kappa shape index (κ1) is 26.4. The lowest BCUT2D eigenvalue weighted by molar-refractivity contribution is -0.143. The van der Waals surface area contributed by atoms with Crippen LogP contribution in [0.2, 0.25) is 5.02 Å². The molecule has 1 atom stereocenters. The van der Waals surface area contributed by atoms with Crippen LogP contribution < -0.4 is 0 Å². The van der Waals surface area contributed by atoms with E-state index >= 15 is 0 Å². The van der Waals surface area contributed by atoms with Crippen molar-refractivity contribution in [2.75, 3.05) is 26.2 Å². The Hall–Kier alpha value is -3.24. The van der Waals surface area contributed by atoms with E-state index in [1.165, 1.54) is 24.3 Å². The van der Waals surface area contributed by atoms with E-state index in [9.17, 15) is 22.8 Å². The highest BCUT2D eigenvalue weighted by Crippen LogP contribution is 2.27. The van der Waals surface area contributed by atoms with Gasteiger partial charge in [0.1, 0.15) is 11.8 Å². The summed E-state index contributed by atoms with van der Waals surface area (Å²) in [7, 11) is 0. The lowest BCUT2D eigenvalue weighted by Crippen LogP contribution is -2.53. The van der Waals surface area contributed by atoms with Crippen LogP contribution in [-0.4, -0.2) is 76.6 Å². The summed E-state index contributed by atoms with van der Waals surface area (Å²) in [5.74, 6) is -1.18. The molecule has 2 N–H and O–H groups in total. The molecule has 0 spiro atoms. The molecule has 1 aliphatic rings. The molecule has 186 valence electrons. The van der Waals surface area contributed by atoms with Crippen molar-refractivity contribution >= 4 is 40.6 Å². The number of hydrogen-bond acceptors (Lipinski definition) is 5. The van der Waals surface area contributed by atoms with Gasteiger partial charge in [-0.05, 0) is 36.8 Å². The van der Waals surface area contributed by atoms with Crippen LogP contribution in [0.3, 0.4) is 0 Å². The summed E-state index contributed by atoms with van der Waals surface area (Å²) in [6.45, 7) is 3.16. The number of halogens is 4. The minimum absolute atomic E-state index is 0.00398. The van der Waals surface area contributed by atoms with Crippen molar-refractivity contribution in [1.29, 1.82) is 5.41 Å². The summed E-state index contributed by atoms with van der Waals surface area (Å²) in [6, 6.07) is 11.8. The van der Waals surface area contributed by atoms with Gasteiger partial charge in [-0.3, -0.25) is 19.5 Å². The van der Waals surface area contributed by atoms with Crippen LogP contribution in [0.25, 0.3) is 0 Å². The van der Waals surface area contributed by atoms with Gasteiger partial charge >= 0.3 is 12.1 Å². The van der Waals surface area contributed by atoms with Gasteiger partial charge in [-0.25, -0.2) is 0 Å². The van der Waals surface area contributed by atoms with E-state index in [1.54, 1.807) is 41.0 Å². The molecule has 1 aliphatic heterocycles. The third-order valence-corrected chi connectivity index (χ3v) is 6.09. The van der Waals surface area contributed by atoms with Crippen molar-refractivity contribution in [1.82, 2.24) is 9.80 Å². The molecule has 35 heavy (non-hydrogen) atoms. The van der Waals surface area contributed by atoms with Crippen LogP contribution in [0, 0.1) is 5.41 Å². The van der Waals surface area contributed by atoms with Gasteiger partial charge in [0.2, 0.25) is 0 Å². The third kappa shape index (κ3) is 6.67. The van der Waals surface area contributed by atoms with E-state index in [0.29, 0.717) is 37.3 Å². The number of para-hydroxylation sites is 1. The molecular formula is C24H24ClF3N4O3. The maximum Gasteiger partial charge on any atom is 0.429 e. The molecule has 1 unspecified atom stereocenters. The number of carboxylic acid groups (broad SMARTS) is 1. The number of rotatable bonds is 7. The number of alkyl halides is 3. The molecule has 2 aromatic rings. The maximum absolute atomic E-state index is 13.0. The second kappa shape index (κ2) is 11.0. The van der Waals surface area contributed by atoms with E-state index in [4.69, 9.17) is 22.1 Å². The van der Waals surface area contributed by atoms with Crippen LogP contribution in [-0.2, 0) is 4.79 Å². The molecule has 1 amide bonds. The van der Waals surface area contributed by atoms with Gasteiger partial charge in [0, 0.05) is 38.2 Å². The van der Waals surface area contributed by atoms with E-state index in [2.05, 4.69) is 4.99 Å². The number of carboxylic acids is 1. The zero-order chi connectivity index (χ0) is 25.8. The number of nitrogens with zero attached hydrogens (tertiary/aromatic N) is 3. The first-order valence-corrected chi connectivity index (χ1v) is 11.2. The molecular weight excluding hydrogens is 485 g/mol. The molecule has 0 saturated carbocycles. The molecule has 3 rings (SSSR count). The van der Waals surface area contributed by atoms with Crippen LogP contribution >= 0.6 is 11.6 Å². The smallest absolute Gasteiger partial charge is 0.429 e. The summed E-state index contributed by atoms with van der Waals surface area (Å²) >= 11 is 6.11. The summed E-state index contributed by atoms with van der Waals surface area (Å²) in [6.07, 6.45) is -5.55. The SMILES string of the molecule is CC(C(=O)O)N1CCN(C(=O)c2ccc(C(CC(=N)C(F)(F)F)=Nc3ccccc3Cl)cc2)CC1. The zero-order valence-corrected chi connectivity index (χ0v) is 19.6. The minimum atomic E-state index is -4.79. The summed E-state index contributed by atoms with van der Waals surface area (Å²) in [4.78, 5) is 31.7. The van der Waals surface area contributed by atoms with Crippen LogP contribution in [0.1, 0.15) is 29.3 Å². The quantitative estimate of drug-likeness (QED) is 0.531. The number of aliphatic carboxylic acids is 1. The molecule has 1 fully saturated rings. The van der Waals surface area contributed by atoms with E-state index in [-0.39, 0.29) is 22.3 Å². The lowest BCUT2D eigenvalue weighted by Gasteiger charge is -2.36. The van der Waals surface area contributed by atoms with Crippen molar-refractivity contribution in [3.63, 3.8) is 0 Å². The number of benzene rings is 2. The number of carbonyl (C=O) groups excluding carboxylic acids is 1. The Morgan fingerprint density at radius 3 is 2.17 bits per heavy atom. The van der Waals surface area contributed by atoms with E-state index < -0.39 is 30.3 Å². The van der Waals surface area contributed by atoms with Gasteiger partial charge in [-0.15, -0.1) is 0 Å². The van der Waals surface area contributed by atoms with Crippen LogP contribution in [0.15, 0.2) is 53.5 Å². The van der Waals surface area contributed by atoms with Gasteiger partial charge in [0.15, 0.2) is 0 Å². The molecule has 2 aromatic carbocycles. The fourth-order valence-corrected chi connectivity index (χ4v) is 3.80. The van der Waals surface area contributed by atoms with Gasteiger partial charge in [-0.1, -0.05) is 35.9 Å². The maximum atomic E-state index is 13.0. The molecule has 0 bridgehead atoms. The number of aliphatic imine (C=N–C) groups is 1. The minimum Gasteiger partial charge on any atom is -0.480 e. The second-order valence-electron chi connectivity index (χ2n) is 8.08. The third-order valence-electron chi connectivity index (χ3n) is 5.77. The van der Waals surface area contributed by atoms with Crippen LogP contribution in [0.4, 0.5) is 18.9 Å². The van der Waals surface area contributed by atoms with Gasteiger partial charge in [0.25, 0.3) is 5.91 Å². The Kier molecular flexibility index (Phi) is 8.29. The van der Waals surface area contributed by atoms with Crippen molar-refractivity contribution in [3.05, 3.63) is 64.7 Å². The average molecular weight is 509 g/mol. The molecule has 1 saturated heterocycles. The average Bonchev–Trinajstić information content (AvgIpc) is 2.83. The normalized spacial score (nSPS) is 16.1. The number of hydrogen-bond donors (Lipinski definition) is 2. The molecule has 0 aromatic heterocycles. The van der Waals surface area contributed by atoms with Gasteiger partial charge < -0.3 is 15.4 Å². The van der Waals surface area contributed by atoms with E-state index in [0.717, 1.165) is 0 Å². The molecule has 11 heteroatoms. The van der Waals surface area contributed by atoms with Crippen molar-refractivity contribution in [2.45, 2.75) is 25.6 Å². The number of nitrogens with one attached hydrogen (secondary N) is 1. The molecule has 0 aliphatic carbocycles. The summed E-state index contributed by atoms with van der Waals surface area (Å²) in [5.41, 5.74) is -0.507. The van der Waals surface area contributed by atoms with Crippen molar-refractivity contribution in [3.8, 4) is 0 Å². The highest BCUT2D eigenvalue weighted by atomic mass is 35.5. The molecule has 7 nitrogen and oxygen atoms in total. The predicted molar refractivity (Wildman–Crippen MR) is 127 cm³/mol.